The van der Waals surface area contributed by atoms with Gasteiger partial charge in [0.1, 0.15) is 4.90 Å². The van der Waals surface area contributed by atoms with Crippen LogP contribution in [0.25, 0.3) is 0 Å². The number of hydrogen-bond donors (Lipinski definition) is 4. The van der Waals surface area contributed by atoms with Crippen LogP contribution in [0.4, 0.5) is 11.4 Å². The Balaban J connectivity index is 2.82. The van der Waals surface area contributed by atoms with Crippen molar-refractivity contribution in [2.75, 3.05) is 24.6 Å². The van der Waals surface area contributed by atoms with Crippen LogP contribution in [-0.2, 0) is 14.8 Å². The van der Waals surface area contributed by atoms with Crippen molar-refractivity contribution in [3.05, 3.63) is 18.2 Å². The van der Waals surface area contributed by atoms with E-state index in [9.17, 15) is 13.2 Å². The molecule has 0 heterocycles. The van der Waals surface area contributed by atoms with Crippen molar-refractivity contribution in [2.24, 2.45) is 5.14 Å². The first-order chi connectivity index (χ1) is 8.36. The Kier molecular flexibility index (Phi) is 4.51. The molecule has 0 aromatic heterocycles. The quantitative estimate of drug-likeness (QED) is 0.535. The topological polar surface area (TPSA) is 127 Å². The molecule has 1 aromatic carbocycles. The second-order valence-corrected chi connectivity index (χ2v) is 5.14. The molecule has 0 saturated carbocycles. The van der Waals surface area contributed by atoms with Gasteiger partial charge in [-0.15, -0.1) is 0 Å². The summed E-state index contributed by atoms with van der Waals surface area (Å²) < 4.78 is 22.5. The van der Waals surface area contributed by atoms with Crippen molar-refractivity contribution in [3.63, 3.8) is 0 Å². The number of carbonyl (C=O) groups is 1. The van der Waals surface area contributed by atoms with Crippen LogP contribution in [0.2, 0.25) is 0 Å². The van der Waals surface area contributed by atoms with Gasteiger partial charge in [-0.2, -0.15) is 0 Å². The third-order valence-electron chi connectivity index (χ3n) is 2.32. The highest BCUT2D eigenvalue weighted by Crippen LogP contribution is 2.25. The molecule has 1 aromatic rings. The van der Waals surface area contributed by atoms with Crippen LogP contribution in [0.3, 0.4) is 0 Å². The van der Waals surface area contributed by atoms with Crippen LogP contribution in [0.5, 0.6) is 0 Å². The average Bonchev–Trinajstić information content (AvgIpc) is 2.29. The molecule has 0 aliphatic rings. The molecule has 0 unspecified atom stereocenters. The Bertz CT molecular complexity index is 542. The summed E-state index contributed by atoms with van der Waals surface area (Å²) in [6.45, 7) is 0.345. The predicted molar refractivity (Wildman–Crippen MR) is 69.4 cm³/mol. The second kappa shape index (κ2) is 5.69. The summed E-state index contributed by atoms with van der Waals surface area (Å²) in [5.41, 5.74) is 6.18. The number of carbonyl (C=O) groups excluding carboxylic acids is 1. The van der Waals surface area contributed by atoms with Gasteiger partial charge in [0.05, 0.1) is 11.4 Å². The molecule has 8 heteroatoms. The van der Waals surface area contributed by atoms with Crippen molar-refractivity contribution in [1.82, 2.24) is 5.32 Å². The molecule has 0 atom stereocenters. The van der Waals surface area contributed by atoms with Gasteiger partial charge >= 0.3 is 0 Å². The van der Waals surface area contributed by atoms with E-state index in [2.05, 4.69) is 10.6 Å². The molecule has 100 valence electrons. The number of rotatable bonds is 5. The van der Waals surface area contributed by atoms with E-state index in [1.54, 1.807) is 6.07 Å². The van der Waals surface area contributed by atoms with Crippen LogP contribution in [0.15, 0.2) is 23.1 Å². The molecule has 0 bridgehead atoms. The van der Waals surface area contributed by atoms with Crippen LogP contribution in [0.1, 0.15) is 6.42 Å². The van der Waals surface area contributed by atoms with Crippen molar-refractivity contribution < 1.29 is 13.2 Å². The molecule has 0 fully saturated rings. The first-order valence-electron chi connectivity index (χ1n) is 5.22. The summed E-state index contributed by atoms with van der Waals surface area (Å²) in [5, 5.41) is 10.4. The van der Waals surface area contributed by atoms with Gasteiger partial charge in [-0.05, 0) is 12.1 Å². The molecule has 7 nitrogen and oxygen atoms in total. The van der Waals surface area contributed by atoms with Gasteiger partial charge < -0.3 is 16.4 Å². The number of hydrogen-bond acceptors (Lipinski definition) is 5. The predicted octanol–water partition coefficient (Wildman–Crippen LogP) is -0.536. The maximum atomic E-state index is 11.2. The van der Waals surface area contributed by atoms with E-state index >= 15 is 0 Å². The first-order valence-corrected chi connectivity index (χ1v) is 6.76. The molecule has 0 radical (unpaired) electrons. The monoisotopic (exact) mass is 272 g/mol. The number of para-hydroxylation sites is 1. The zero-order valence-electron chi connectivity index (χ0n) is 9.93. The lowest BCUT2D eigenvalue weighted by Gasteiger charge is -2.11. The van der Waals surface area contributed by atoms with E-state index in [0.717, 1.165) is 0 Å². The lowest BCUT2D eigenvalue weighted by atomic mass is 10.2. The molecule has 0 saturated heterocycles. The number of anilines is 2. The van der Waals surface area contributed by atoms with Crippen LogP contribution < -0.4 is 21.5 Å². The van der Waals surface area contributed by atoms with E-state index in [1.807, 2.05) is 0 Å². The van der Waals surface area contributed by atoms with E-state index in [0.29, 0.717) is 12.2 Å². The Morgan fingerprint density at radius 1 is 1.39 bits per heavy atom. The van der Waals surface area contributed by atoms with Crippen LogP contribution in [-0.4, -0.2) is 27.9 Å². The number of nitrogens with two attached hydrogens (primary N) is 2. The van der Waals surface area contributed by atoms with Crippen molar-refractivity contribution >= 4 is 27.3 Å². The number of sulfonamides is 1. The summed E-state index contributed by atoms with van der Waals surface area (Å²) in [6.07, 6.45) is 0.259. The van der Waals surface area contributed by atoms with Gasteiger partial charge in [0.25, 0.3) is 0 Å². The fourth-order valence-corrected chi connectivity index (χ4v) is 2.07. The van der Waals surface area contributed by atoms with E-state index in [4.69, 9.17) is 10.9 Å². The first kappa shape index (κ1) is 14.3. The number of nitrogen functional groups attached to an aromatic ring is 1. The molecular formula is C10H16N4O3S. The summed E-state index contributed by atoms with van der Waals surface area (Å²) in [5.74, 6) is -0.122. The second-order valence-electron chi connectivity index (χ2n) is 3.61. The van der Waals surface area contributed by atoms with E-state index < -0.39 is 10.0 Å². The fraction of sp³-hybridized carbons (Fsp3) is 0.300. The zero-order chi connectivity index (χ0) is 13.8. The lowest BCUT2D eigenvalue weighted by Crippen LogP contribution is -2.21. The molecule has 0 aliphatic carbocycles. The summed E-state index contributed by atoms with van der Waals surface area (Å²) >= 11 is 0. The number of primary sulfonamides is 1. The highest BCUT2D eigenvalue weighted by Gasteiger charge is 2.14. The SMILES string of the molecule is CNC(=O)CCNc1cccc(S(N)(=O)=O)c1N. The Labute approximate surface area is 106 Å². The maximum absolute atomic E-state index is 11.2. The minimum atomic E-state index is -3.85. The van der Waals surface area contributed by atoms with E-state index in [1.165, 1.54) is 19.2 Å². The van der Waals surface area contributed by atoms with Crippen molar-refractivity contribution in [2.45, 2.75) is 11.3 Å². The Hall–Kier alpha value is -1.80. The van der Waals surface area contributed by atoms with Crippen molar-refractivity contribution in [3.8, 4) is 0 Å². The lowest BCUT2D eigenvalue weighted by molar-refractivity contribution is -0.120. The summed E-state index contributed by atoms with van der Waals surface area (Å²) in [6, 6.07) is 4.47. The molecule has 0 aliphatic heterocycles. The van der Waals surface area contributed by atoms with Crippen LogP contribution >= 0.6 is 0 Å². The van der Waals surface area contributed by atoms with Crippen LogP contribution in [0, 0.1) is 0 Å². The van der Waals surface area contributed by atoms with Gasteiger partial charge in [-0.1, -0.05) is 6.07 Å². The number of amides is 1. The zero-order valence-corrected chi connectivity index (χ0v) is 10.8. The van der Waals surface area contributed by atoms with Gasteiger partial charge in [0.2, 0.25) is 15.9 Å². The van der Waals surface area contributed by atoms with Gasteiger partial charge in [-0.25, -0.2) is 13.6 Å². The smallest absolute Gasteiger partial charge is 0.240 e. The highest BCUT2D eigenvalue weighted by atomic mass is 32.2. The highest BCUT2D eigenvalue weighted by molar-refractivity contribution is 7.89. The van der Waals surface area contributed by atoms with Gasteiger partial charge in [-0.3, -0.25) is 4.79 Å². The number of nitrogens with one attached hydrogen (secondary N) is 2. The van der Waals surface area contributed by atoms with Crippen molar-refractivity contribution in [1.29, 1.82) is 0 Å². The standard InChI is InChI=1S/C10H16N4O3S/c1-13-9(15)5-6-14-7-3-2-4-8(10(7)11)18(12,16)17/h2-4,14H,5-6,11H2,1H3,(H,13,15)(H2,12,16,17). The molecule has 18 heavy (non-hydrogen) atoms. The third kappa shape index (κ3) is 3.60. The minimum absolute atomic E-state index is 0.0527. The molecule has 0 spiro atoms. The van der Waals surface area contributed by atoms with Gasteiger partial charge in [0, 0.05) is 20.0 Å². The molecular weight excluding hydrogens is 256 g/mol. The Morgan fingerprint density at radius 2 is 2.06 bits per heavy atom. The molecule has 1 rings (SSSR count). The van der Waals surface area contributed by atoms with E-state index in [-0.39, 0.29) is 22.9 Å². The minimum Gasteiger partial charge on any atom is -0.396 e. The molecule has 6 N–H and O–H groups in total. The van der Waals surface area contributed by atoms with Gasteiger partial charge in [0.15, 0.2) is 0 Å². The molecule has 1 amide bonds. The normalized spacial score (nSPS) is 11.0. The largest absolute Gasteiger partial charge is 0.396 e. The summed E-state index contributed by atoms with van der Waals surface area (Å²) in [7, 11) is -2.31. The number of benzene rings is 1. The Morgan fingerprint density at radius 3 is 2.61 bits per heavy atom. The summed E-state index contributed by atoms with van der Waals surface area (Å²) in [4.78, 5) is 10.9. The average molecular weight is 272 g/mol. The third-order valence-corrected chi connectivity index (χ3v) is 3.29. The fourth-order valence-electron chi connectivity index (χ4n) is 1.38. The maximum Gasteiger partial charge on any atom is 0.240 e.